The van der Waals surface area contributed by atoms with Crippen LogP contribution in [0.2, 0.25) is 0 Å². The van der Waals surface area contributed by atoms with E-state index in [2.05, 4.69) is 21.4 Å². The van der Waals surface area contributed by atoms with Crippen molar-refractivity contribution in [1.82, 2.24) is 5.43 Å². The Hall–Kier alpha value is -3.13. The number of nitrogens with zero attached hydrogens (tertiary/aromatic N) is 1. The molecule has 0 aromatic heterocycles. The number of para-hydroxylation sites is 1. The lowest BCUT2D eigenvalue weighted by Gasteiger charge is -2.14. The molecule has 3 rings (SSSR count). The van der Waals surface area contributed by atoms with E-state index in [1.165, 1.54) is 11.1 Å². The molecular formula is C21H19BrN2O5. The molecule has 2 amide bonds. The maximum Gasteiger partial charge on any atom is 0.344 e. The summed E-state index contributed by atoms with van der Waals surface area (Å²) in [6, 6.07) is 13.9. The van der Waals surface area contributed by atoms with Crippen LogP contribution in [0.1, 0.15) is 19.4 Å². The van der Waals surface area contributed by atoms with E-state index in [0.29, 0.717) is 17.0 Å². The Morgan fingerprint density at radius 3 is 2.59 bits per heavy atom. The lowest BCUT2D eigenvalue weighted by atomic mass is 10.1. The number of carbonyl (C=O) groups excluding carboxylic acids is 3. The van der Waals surface area contributed by atoms with Crippen LogP contribution in [-0.2, 0) is 19.1 Å². The average Bonchev–Trinajstić information content (AvgIpc) is 2.96. The largest absolute Gasteiger partial charge is 0.481 e. The van der Waals surface area contributed by atoms with Crippen LogP contribution >= 0.6 is 15.9 Å². The number of benzene rings is 2. The predicted molar refractivity (Wildman–Crippen MR) is 111 cm³/mol. The third kappa shape index (κ3) is 5.03. The highest BCUT2D eigenvalue weighted by Crippen LogP contribution is 2.28. The van der Waals surface area contributed by atoms with Gasteiger partial charge in [0.15, 0.2) is 6.61 Å². The minimum Gasteiger partial charge on any atom is -0.481 e. The predicted octanol–water partition coefficient (Wildman–Crippen LogP) is 3.24. The molecule has 1 N–H and O–H groups in total. The molecule has 0 aliphatic carbocycles. The highest BCUT2D eigenvalue weighted by molar-refractivity contribution is 9.10. The van der Waals surface area contributed by atoms with Crippen LogP contribution in [0.25, 0.3) is 6.08 Å². The minimum absolute atomic E-state index is 0.0402. The molecular weight excluding hydrogens is 440 g/mol. The maximum absolute atomic E-state index is 12.8. The molecule has 1 aliphatic rings. The van der Waals surface area contributed by atoms with E-state index in [1.54, 1.807) is 56.3 Å². The van der Waals surface area contributed by atoms with Gasteiger partial charge in [-0.2, -0.15) is 0 Å². The zero-order valence-corrected chi connectivity index (χ0v) is 17.4. The summed E-state index contributed by atoms with van der Waals surface area (Å²) in [5.74, 6) is -1.16. The van der Waals surface area contributed by atoms with Crippen LogP contribution in [-0.4, -0.2) is 30.5 Å². The van der Waals surface area contributed by atoms with Gasteiger partial charge >= 0.3 is 5.97 Å². The number of amides is 2. The molecule has 0 spiro atoms. The average molecular weight is 459 g/mol. The molecule has 1 heterocycles. The number of anilines is 1. The molecule has 150 valence electrons. The van der Waals surface area contributed by atoms with E-state index in [-0.39, 0.29) is 18.3 Å². The fourth-order valence-electron chi connectivity index (χ4n) is 2.67. The molecule has 1 saturated heterocycles. The SMILES string of the molecule is CC(C)OC(=O)COc1ccc(Br)cc1/C=C1/C(=O)NN(c2ccccc2)C1=O. The second kappa shape index (κ2) is 8.91. The van der Waals surface area contributed by atoms with Gasteiger partial charge in [0.2, 0.25) is 0 Å². The smallest absolute Gasteiger partial charge is 0.344 e. The van der Waals surface area contributed by atoms with Gasteiger partial charge in [0.25, 0.3) is 11.8 Å². The topological polar surface area (TPSA) is 84.9 Å². The maximum atomic E-state index is 12.8. The first kappa shape index (κ1) is 20.6. The fraction of sp³-hybridized carbons (Fsp3) is 0.190. The Morgan fingerprint density at radius 2 is 1.90 bits per heavy atom. The first-order valence-electron chi connectivity index (χ1n) is 8.89. The summed E-state index contributed by atoms with van der Waals surface area (Å²) in [5, 5.41) is 1.19. The number of hydrazine groups is 1. The van der Waals surface area contributed by atoms with Crippen molar-refractivity contribution in [3.8, 4) is 5.75 Å². The van der Waals surface area contributed by atoms with E-state index in [1.807, 2.05) is 6.07 Å². The molecule has 0 bridgehead atoms. The van der Waals surface area contributed by atoms with E-state index in [4.69, 9.17) is 9.47 Å². The van der Waals surface area contributed by atoms with Crippen molar-refractivity contribution in [3.63, 3.8) is 0 Å². The van der Waals surface area contributed by atoms with Gasteiger partial charge in [-0.3, -0.25) is 15.0 Å². The Morgan fingerprint density at radius 1 is 1.17 bits per heavy atom. The molecule has 0 saturated carbocycles. The minimum atomic E-state index is -0.524. The number of rotatable bonds is 6. The number of carbonyl (C=O) groups is 3. The highest BCUT2D eigenvalue weighted by Gasteiger charge is 2.34. The second-order valence-corrected chi connectivity index (χ2v) is 7.40. The molecule has 0 atom stereocenters. The van der Waals surface area contributed by atoms with Crippen LogP contribution in [0.4, 0.5) is 5.69 Å². The summed E-state index contributed by atoms with van der Waals surface area (Å²) in [7, 11) is 0. The number of nitrogens with one attached hydrogen (secondary N) is 1. The van der Waals surface area contributed by atoms with Gasteiger partial charge in [-0.25, -0.2) is 9.80 Å². The Balaban J connectivity index is 1.85. The van der Waals surface area contributed by atoms with Gasteiger partial charge in [-0.15, -0.1) is 0 Å². The Bertz CT molecular complexity index is 972. The van der Waals surface area contributed by atoms with E-state index in [0.717, 1.165) is 4.47 Å². The van der Waals surface area contributed by atoms with Crippen LogP contribution in [0.15, 0.2) is 58.6 Å². The quantitative estimate of drug-likeness (QED) is 0.408. The van der Waals surface area contributed by atoms with Gasteiger partial charge in [0, 0.05) is 10.0 Å². The molecule has 2 aromatic rings. The summed E-state index contributed by atoms with van der Waals surface area (Å²) in [4.78, 5) is 36.9. The van der Waals surface area contributed by atoms with Crippen molar-refractivity contribution in [2.75, 3.05) is 11.6 Å². The number of esters is 1. The zero-order valence-electron chi connectivity index (χ0n) is 15.8. The van der Waals surface area contributed by atoms with Crippen LogP contribution < -0.4 is 15.2 Å². The zero-order chi connectivity index (χ0) is 21.0. The first-order chi connectivity index (χ1) is 13.8. The van der Waals surface area contributed by atoms with E-state index >= 15 is 0 Å². The van der Waals surface area contributed by atoms with Crippen molar-refractivity contribution in [2.24, 2.45) is 0 Å². The van der Waals surface area contributed by atoms with Crippen molar-refractivity contribution < 1.29 is 23.9 Å². The Labute approximate surface area is 176 Å². The summed E-state index contributed by atoms with van der Waals surface area (Å²) < 4.78 is 11.3. The number of ether oxygens (including phenoxy) is 2. The van der Waals surface area contributed by atoms with Crippen molar-refractivity contribution in [3.05, 3.63) is 64.1 Å². The number of halogens is 1. The molecule has 7 nitrogen and oxygen atoms in total. The van der Waals surface area contributed by atoms with Crippen molar-refractivity contribution >= 4 is 45.5 Å². The first-order valence-corrected chi connectivity index (χ1v) is 9.68. The summed E-state index contributed by atoms with van der Waals surface area (Å²) >= 11 is 3.36. The summed E-state index contributed by atoms with van der Waals surface area (Å²) in [6.07, 6.45) is 1.19. The van der Waals surface area contributed by atoms with Crippen LogP contribution in [0, 0.1) is 0 Å². The van der Waals surface area contributed by atoms with Crippen LogP contribution in [0.3, 0.4) is 0 Å². The van der Waals surface area contributed by atoms with Gasteiger partial charge in [-0.05, 0) is 50.3 Å². The Kier molecular flexibility index (Phi) is 6.33. The molecule has 0 unspecified atom stereocenters. The molecule has 29 heavy (non-hydrogen) atoms. The monoisotopic (exact) mass is 458 g/mol. The fourth-order valence-corrected chi connectivity index (χ4v) is 3.05. The van der Waals surface area contributed by atoms with Crippen LogP contribution in [0.5, 0.6) is 5.75 Å². The number of hydrogen-bond acceptors (Lipinski definition) is 5. The molecule has 1 aliphatic heterocycles. The van der Waals surface area contributed by atoms with Crippen molar-refractivity contribution in [2.45, 2.75) is 20.0 Å². The van der Waals surface area contributed by atoms with E-state index < -0.39 is 17.8 Å². The lowest BCUT2D eigenvalue weighted by Crippen LogP contribution is -2.35. The van der Waals surface area contributed by atoms with Gasteiger partial charge in [0.1, 0.15) is 11.3 Å². The number of hydrogen-bond donors (Lipinski definition) is 1. The molecule has 2 aromatic carbocycles. The third-order valence-electron chi connectivity index (χ3n) is 3.89. The summed E-state index contributed by atoms with van der Waals surface area (Å²) in [5.41, 5.74) is 3.54. The van der Waals surface area contributed by atoms with Gasteiger partial charge < -0.3 is 9.47 Å². The third-order valence-corrected chi connectivity index (χ3v) is 4.38. The van der Waals surface area contributed by atoms with Gasteiger partial charge in [-0.1, -0.05) is 34.1 Å². The van der Waals surface area contributed by atoms with E-state index in [9.17, 15) is 14.4 Å². The normalized spacial score (nSPS) is 15.0. The highest BCUT2D eigenvalue weighted by atomic mass is 79.9. The molecule has 0 radical (unpaired) electrons. The standard InChI is InChI=1S/C21H19BrN2O5/c1-13(2)29-19(25)12-28-18-9-8-15(22)10-14(18)11-17-20(26)23-24(21(17)27)16-6-4-3-5-7-16/h3-11,13H,12H2,1-2H3,(H,23,26)/b17-11-. The lowest BCUT2D eigenvalue weighted by molar-refractivity contribution is -0.149. The molecule has 8 heteroatoms. The van der Waals surface area contributed by atoms with Crippen molar-refractivity contribution in [1.29, 1.82) is 0 Å². The van der Waals surface area contributed by atoms with Gasteiger partial charge in [0.05, 0.1) is 11.8 Å². The summed E-state index contributed by atoms with van der Waals surface area (Å²) in [6.45, 7) is 3.21. The second-order valence-electron chi connectivity index (χ2n) is 6.48. The molecule has 1 fully saturated rings.